The number of hydrogen-bond acceptors (Lipinski definition) is 3. The summed E-state index contributed by atoms with van der Waals surface area (Å²) in [6, 6.07) is 1.91. The van der Waals surface area contributed by atoms with Gasteiger partial charge in [0.2, 0.25) is 5.91 Å². The van der Waals surface area contributed by atoms with Crippen LogP contribution in [0.25, 0.3) is 0 Å². The van der Waals surface area contributed by atoms with E-state index in [1.165, 1.54) is 0 Å². The summed E-state index contributed by atoms with van der Waals surface area (Å²) in [4.78, 5) is 11.6. The summed E-state index contributed by atoms with van der Waals surface area (Å²) in [5, 5.41) is 10.4. The molecule has 1 unspecified atom stereocenters. The average molecular weight is 222 g/mol. The van der Waals surface area contributed by atoms with Gasteiger partial charge in [0.1, 0.15) is 0 Å². The standard InChI is InChI=1S/C11H18N4O/c1-15-5-3-10(14-15)8-13-11(16)6-9-2-4-12-7-9/h3,5,9,12H,2,4,6-8H2,1H3,(H,13,16). The topological polar surface area (TPSA) is 59.0 Å². The minimum Gasteiger partial charge on any atom is -0.350 e. The SMILES string of the molecule is Cn1ccc(CNC(=O)CC2CCNC2)n1. The van der Waals surface area contributed by atoms with Crippen molar-refractivity contribution >= 4 is 5.91 Å². The van der Waals surface area contributed by atoms with Crippen molar-refractivity contribution in [2.75, 3.05) is 13.1 Å². The third-order valence-corrected chi connectivity index (χ3v) is 2.87. The molecule has 2 N–H and O–H groups in total. The molecule has 16 heavy (non-hydrogen) atoms. The molecule has 0 aromatic carbocycles. The lowest BCUT2D eigenvalue weighted by molar-refractivity contribution is -0.122. The zero-order valence-electron chi connectivity index (χ0n) is 9.57. The van der Waals surface area contributed by atoms with E-state index >= 15 is 0 Å². The highest BCUT2D eigenvalue weighted by atomic mass is 16.1. The number of rotatable bonds is 4. The second-order valence-corrected chi connectivity index (χ2v) is 4.32. The van der Waals surface area contributed by atoms with E-state index in [0.29, 0.717) is 18.9 Å². The molecule has 88 valence electrons. The van der Waals surface area contributed by atoms with Gasteiger partial charge in [-0.1, -0.05) is 0 Å². The van der Waals surface area contributed by atoms with E-state index in [9.17, 15) is 4.79 Å². The van der Waals surface area contributed by atoms with Crippen LogP contribution in [0.1, 0.15) is 18.5 Å². The summed E-state index contributed by atoms with van der Waals surface area (Å²) in [6.45, 7) is 2.54. The first-order valence-corrected chi connectivity index (χ1v) is 5.70. The smallest absolute Gasteiger partial charge is 0.220 e. The van der Waals surface area contributed by atoms with Crippen LogP contribution in [0, 0.1) is 5.92 Å². The zero-order chi connectivity index (χ0) is 11.4. The third-order valence-electron chi connectivity index (χ3n) is 2.87. The molecule has 1 fully saturated rings. The molecule has 5 nitrogen and oxygen atoms in total. The molecule has 2 heterocycles. The van der Waals surface area contributed by atoms with Crippen LogP contribution < -0.4 is 10.6 Å². The Morgan fingerprint density at radius 2 is 2.62 bits per heavy atom. The summed E-state index contributed by atoms with van der Waals surface area (Å²) < 4.78 is 1.74. The molecular formula is C11H18N4O. The fraction of sp³-hybridized carbons (Fsp3) is 0.636. The number of carbonyl (C=O) groups excluding carboxylic acids is 1. The van der Waals surface area contributed by atoms with Gasteiger partial charge in [-0.25, -0.2) is 0 Å². The molecule has 5 heteroatoms. The van der Waals surface area contributed by atoms with Gasteiger partial charge in [0.05, 0.1) is 12.2 Å². The lowest BCUT2D eigenvalue weighted by Crippen LogP contribution is -2.26. The van der Waals surface area contributed by atoms with Gasteiger partial charge in [-0.3, -0.25) is 9.48 Å². The highest BCUT2D eigenvalue weighted by molar-refractivity contribution is 5.76. The number of hydrogen-bond donors (Lipinski definition) is 2. The molecule has 1 aliphatic heterocycles. The molecule has 1 aromatic heterocycles. The van der Waals surface area contributed by atoms with Crippen LogP contribution in [0.4, 0.5) is 0 Å². The Labute approximate surface area is 95.2 Å². The van der Waals surface area contributed by atoms with E-state index < -0.39 is 0 Å². The maximum absolute atomic E-state index is 11.6. The Kier molecular flexibility index (Phi) is 3.56. The van der Waals surface area contributed by atoms with Crippen LogP contribution in [0.2, 0.25) is 0 Å². The van der Waals surface area contributed by atoms with E-state index in [0.717, 1.165) is 25.2 Å². The summed E-state index contributed by atoms with van der Waals surface area (Å²) in [5.41, 5.74) is 0.903. The normalized spacial score (nSPS) is 19.9. The lowest BCUT2D eigenvalue weighted by Gasteiger charge is -2.07. The second-order valence-electron chi connectivity index (χ2n) is 4.32. The van der Waals surface area contributed by atoms with Gasteiger partial charge in [-0.05, 0) is 31.5 Å². The summed E-state index contributed by atoms with van der Waals surface area (Å²) in [5.74, 6) is 0.628. The van der Waals surface area contributed by atoms with E-state index in [2.05, 4.69) is 15.7 Å². The predicted molar refractivity (Wildman–Crippen MR) is 60.6 cm³/mol. The van der Waals surface area contributed by atoms with Gasteiger partial charge in [-0.15, -0.1) is 0 Å². The molecule has 1 saturated heterocycles. The minimum absolute atomic E-state index is 0.124. The minimum atomic E-state index is 0.124. The maximum Gasteiger partial charge on any atom is 0.220 e. The Bertz CT molecular complexity index is 355. The Hall–Kier alpha value is -1.36. The molecule has 0 spiro atoms. The fourth-order valence-electron chi connectivity index (χ4n) is 1.97. The summed E-state index contributed by atoms with van der Waals surface area (Å²) in [7, 11) is 1.87. The predicted octanol–water partition coefficient (Wildman–Crippen LogP) is 0.0359. The van der Waals surface area contributed by atoms with Gasteiger partial charge >= 0.3 is 0 Å². The molecule has 0 aliphatic carbocycles. The van der Waals surface area contributed by atoms with Gasteiger partial charge in [-0.2, -0.15) is 5.10 Å². The maximum atomic E-state index is 11.6. The molecule has 0 radical (unpaired) electrons. The molecule has 1 aromatic rings. The lowest BCUT2D eigenvalue weighted by atomic mass is 10.0. The molecule has 1 atom stereocenters. The fourth-order valence-corrected chi connectivity index (χ4v) is 1.97. The second kappa shape index (κ2) is 5.12. The monoisotopic (exact) mass is 222 g/mol. The zero-order valence-corrected chi connectivity index (χ0v) is 9.57. The van der Waals surface area contributed by atoms with Crippen LogP contribution in [-0.2, 0) is 18.4 Å². The first-order chi connectivity index (χ1) is 7.74. The largest absolute Gasteiger partial charge is 0.350 e. The van der Waals surface area contributed by atoms with Gasteiger partial charge in [0.15, 0.2) is 0 Å². The highest BCUT2D eigenvalue weighted by Gasteiger charge is 2.17. The van der Waals surface area contributed by atoms with Crippen LogP contribution in [0.15, 0.2) is 12.3 Å². The van der Waals surface area contributed by atoms with Crippen molar-refractivity contribution in [2.24, 2.45) is 13.0 Å². The molecule has 1 aliphatic rings. The van der Waals surface area contributed by atoms with Crippen molar-refractivity contribution < 1.29 is 4.79 Å². The van der Waals surface area contributed by atoms with E-state index in [-0.39, 0.29) is 5.91 Å². The Morgan fingerprint density at radius 3 is 3.25 bits per heavy atom. The number of nitrogens with one attached hydrogen (secondary N) is 2. The van der Waals surface area contributed by atoms with Crippen LogP contribution in [0.3, 0.4) is 0 Å². The van der Waals surface area contributed by atoms with Gasteiger partial charge < -0.3 is 10.6 Å². The number of amides is 1. The third kappa shape index (κ3) is 3.06. The summed E-state index contributed by atoms with van der Waals surface area (Å²) >= 11 is 0. The molecule has 2 rings (SSSR count). The molecule has 1 amide bonds. The van der Waals surface area contributed by atoms with Crippen LogP contribution >= 0.6 is 0 Å². The van der Waals surface area contributed by atoms with E-state index in [4.69, 9.17) is 0 Å². The van der Waals surface area contributed by atoms with Gasteiger partial charge in [0.25, 0.3) is 0 Å². The van der Waals surface area contributed by atoms with E-state index in [1.54, 1.807) is 4.68 Å². The Balaban J connectivity index is 1.71. The number of aromatic nitrogens is 2. The van der Waals surface area contributed by atoms with Crippen molar-refractivity contribution in [1.82, 2.24) is 20.4 Å². The van der Waals surface area contributed by atoms with Crippen LogP contribution in [0.5, 0.6) is 0 Å². The first-order valence-electron chi connectivity index (χ1n) is 5.70. The Morgan fingerprint density at radius 1 is 1.75 bits per heavy atom. The first kappa shape index (κ1) is 11.1. The quantitative estimate of drug-likeness (QED) is 0.756. The summed E-state index contributed by atoms with van der Waals surface area (Å²) in [6.07, 6.45) is 3.61. The van der Waals surface area contributed by atoms with Crippen LogP contribution in [-0.4, -0.2) is 28.8 Å². The molecule has 0 saturated carbocycles. The number of carbonyl (C=O) groups is 1. The van der Waals surface area contributed by atoms with E-state index in [1.807, 2.05) is 19.3 Å². The van der Waals surface area contributed by atoms with Crippen molar-refractivity contribution in [3.8, 4) is 0 Å². The van der Waals surface area contributed by atoms with Crippen molar-refractivity contribution in [1.29, 1.82) is 0 Å². The number of aryl methyl sites for hydroxylation is 1. The van der Waals surface area contributed by atoms with Crippen molar-refractivity contribution in [3.63, 3.8) is 0 Å². The van der Waals surface area contributed by atoms with Crippen molar-refractivity contribution in [3.05, 3.63) is 18.0 Å². The molecular weight excluding hydrogens is 204 g/mol. The molecule has 0 bridgehead atoms. The average Bonchev–Trinajstić information content (AvgIpc) is 2.87. The van der Waals surface area contributed by atoms with Gasteiger partial charge in [0, 0.05) is 19.7 Å². The number of nitrogens with zero attached hydrogens (tertiary/aromatic N) is 2. The highest BCUT2D eigenvalue weighted by Crippen LogP contribution is 2.11. The van der Waals surface area contributed by atoms with Crippen molar-refractivity contribution in [2.45, 2.75) is 19.4 Å².